The van der Waals surface area contributed by atoms with E-state index in [4.69, 9.17) is 4.74 Å². The van der Waals surface area contributed by atoms with Crippen molar-refractivity contribution in [1.82, 2.24) is 24.6 Å². The van der Waals surface area contributed by atoms with E-state index in [-0.39, 0.29) is 5.91 Å². The highest BCUT2D eigenvalue weighted by Crippen LogP contribution is 2.34. The minimum absolute atomic E-state index is 0.0228. The van der Waals surface area contributed by atoms with Crippen molar-refractivity contribution < 1.29 is 9.53 Å². The lowest BCUT2D eigenvalue weighted by atomic mass is 10.0. The number of ether oxygens (including phenoxy) is 1. The third kappa shape index (κ3) is 2.51. The zero-order chi connectivity index (χ0) is 17.7. The second-order valence-electron chi connectivity index (χ2n) is 7.46. The fourth-order valence-electron chi connectivity index (χ4n) is 4.39. The van der Waals surface area contributed by atoms with E-state index >= 15 is 0 Å². The second kappa shape index (κ2) is 5.96. The Morgan fingerprint density at radius 1 is 1.23 bits per heavy atom. The largest absolute Gasteiger partial charge is 0.478 e. The van der Waals surface area contributed by atoms with Crippen molar-refractivity contribution >= 4 is 11.7 Å². The number of carbonyl (C=O) groups excluding carboxylic acids is 1. The molecule has 0 bridgehead atoms. The molecule has 2 aromatic heterocycles. The summed E-state index contributed by atoms with van der Waals surface area (Å²) in [6.07, 6.45) is 4.40. The first-order valence-electron chi connectivity index (χ1n) is 9.20. The topological polar surface area (TPSA) is 76.4 Å². The third-order valence-electron chi connectivity index (χ3n) is 5.67. The number of anilines is 1. The summed E-state index contributed by atoms with van der Waals surface area (Å²) in [5.41, 5.74) is 1.61. The summed E-state index contributed by atoms with van der Waals surface area (Å²) < 4.78 is 7.38. The van der Waals surface area contributed by atoms with E-state index in [0.717, 1.165) is 50.5 Å². The minimum atomic E-state index is 0.0228. The van der Waals surface area contributed by atoms with Gasteiger partial charge in [-0.3, -0.25) is 4.79 Å². The van der Waals surface area contributed by atoms with Gasteiger partial charge in [0.05, 0.1) is 6.61 Å². The quantitative estimate of drug-likeness (QED) is 0.800. The molecule has 0 N–H and O–H groups in total. The Bertz CT molecular complexity index is 812. The summed E-state index contributed by atoms with van der Waals surface area (Å²) in [5.74, 6) is 2.73. The Hall–Kier alpha value is -2.64. The van der Waals surface area contributed by atoms with Crippen molar-refractivity contribution in [2.24, 2.45) is 11.8 Å². The molecule has 2 aromatic rings. The highest BCUT2D eigenvalue weighted by molar-refractivity contribution is 5.93. The van der Waals surface area contributed by atoms with Crippen LogP contribution in [-0.4, -0.2) is 63.3 Å². The fraction of sp³-hybridized carbons (Fsp3) is 0.556. The van der Waals surface area contributed by atoms with Crippen molar-refractivity contribution in [2.75, 3.05) is 37.7 Å². The van der Waals surface area contributed by atoms with Crippen LogP contribution in [0.3, 0.4) is 0 Å². The van der Waals surface area contributed by atoms with Gasteiger partial charge < -0.3 is 14.5 Å². The van der Waals surface area contributed by atoms with Gasteiger partial charge in [-0.1, -0.05) is 0 Å². The van der Waals surface area contributed by atoms with Crippen LogP contribution >= 0.6 is 0 Å². The molecule has 2 fully saturated rings. The van der Waals surface area contributed by atoms with Crippen LogP contribution in [0.2, 0.25) is 0 Å². The first-order chi connectivity index (χ1) is 12.7. The maximum atomic E-state index is 12.9. The molecule has 2 atom stereocenters. The molecule has 2 saturated heterocycles. The molecule has 2 unspecified atom stereocenters. The average molecular weight is 354 g/mol. The molecule has 3 aliphatic rings. The number of fused-ring (bicyclic) bond motifs is 2. The lowest BCUT2D eigenvalue weighted by molar-refractivity contribution is 0.0775. The molecule has 0 saturated carbocycles. The summed E-state index contributed by atoms with van der Waals surface area (Å²) in [6.45, 7) is 7.01. The lowest BCUT2D eigenvalue weighted by Gasteiger charge is -2.23. The van der Waals surface area contributed by atoms with Gasteiger partial charge in [0.25, 0.3) is 5.91 Å². The number of aryl methyl sites for hydroxylation is 2. The van der Waals surface area contributed by atoms with Crippen molar-refractivity contribution in [3.63, 3.8) is 0 Å². The van der Waals surface area contributed by atoms with Crippen molar-refractivity contribution in [1.29, 1.82) is 0 Å². The van der Waals surface area contributed by atoms with Gasteiger partial charge in [-0.2, -0.15) is 5.10 Å². The van der Waals surface area contributed by atoms with Crippen LogP contribution in [-0.2, 0) is 6.54 Å². The Morgan fingerprint density at radius 3 is 2.77 bits per heavy atom. The maximum absolute atomic E-state index is 12.9. The highest BCUT2D eigenvalue weighted by Gasteiger charge is 2.42. The standard InChI is InChI=1S/C18H22N6O2/c1-12-6-19-11-20-17(12)22-7-13-9-23(10-14(13)8-22)18(25)15-5-16-24(21-15)3-2-4-26-16/h5-6,11,13-14H,2-4,7-10H2,1H3. The Balaban J connectivity index is 1.27. The zero-order valence-electron chi connectivity index (χ0n) is 14.8. The minimum Gasteiger partial charge on any atom is -0.478 e. The van der Waals surface area contributed by atoms with E-state index in [1.165, 1.54) is 0 Å². The van der Waals surface area contributed by atoms with Crippen LogP contribution in [0.4, 0.5) is 5.82 Å². The van der Waals surface area contributed by atoms with Crippen molar-refractivity contribution in [3.05, 3.63) is 29.8 Å². The van der Waals surface area contributed by atoms with Gasteiger partial charge in [-0.15, -0.1) is 0 Å². The SMILES string of the molecule is Cc1cncnc1N1CC2CN(C(=O)c3cc4n(n3)CCCO4)CC2C1. The first-order valence-corrected chi connectivity index (χ1v) is 9.20. The predicted octanol–water partition coefficient (Wildman–Crippen LogP) is 0.972. The van der Waals surface area contributed by atoms with E-state index in [2.05, 4.69) is 20.0 Å². The number of amides is 1. The molecule has 1 amide bonds. The Kier molecular flexibility index (Phi) is 3.58. The molecule has 0 aromatic carbocycles. The first kappa shape index (κ1) is 15.6. The molecule has 0 radical (unpaired) electrons. The summed E-state index contributed by atoms with van der Waals surface area (Å²) >= 11 is 0. The molecule has 3 aliphatic heterocycles. The van der Waals surface area contributed by atoms with Crippen LogP contribution in [0.5, 0.6) is 5.88 Å². The van der Waals surface area contributed by atoms with E-state index in [1.807, 2.05) is 18.0 Å². The summed E-state index contributed by atoms with van der Waals surface area (Å²) in [7, 11) is 0. The van der Waals surface area contributed by atoms with Gasteiger partial charge >= 0.3 is 0 Å². The fourth-order valence-corrected chi connectivity index (χ4v) is 4.39. The van der Waals surface area contributed by atoms with Gasteiger partial charge in [0.15, 0.2) is 5.69 Å². The van der Waals surface area contributed by atoms with Gasteiger partial charge in [-0.05, 0) is 6.92 Å². The van der Waals surface area contributed by atoms with Gasteiger partial charge in [0, 0.05) is 68.8 Å². The van der Waals surface area contributed by atoms with E-state index < -0.39 is 0 Å². The number of likely N-dealkylation sites (tertiary alicyclic amines) is 1. The summed E-state index contributed by atoms with van der Waals surface area (Å²) in [4.78, 5) is 25.7. The van der Waals surface area contributed by atoms with Gasteiger partial charge in [0.2, 0.25) is 5.88 Å². The number of carbonyl (C=O) groups is 1. The molecule has 0 spiro atoms. The predicted molar refractivity (Wildman–Crippen MR) is 94.2 cm³/mol. The van der Waals surface area contributed by atoms with Crippen molar-refractivity contribution in [3.8, 4) is 5.88 Å². The number of hydrogen-bond donors (Lipinski definition) is 0. The van der Waals surface area contributed by atoms with Crippen LogP contribution in [0.1, 0.15) is 22.5 Å². The van der Waals surface area contributed by atoms with E-state index in [1.54, 1.807) is 17.1 Å². The summed E-state index contributed by atoms with van der Waals surface area (Å²) in [6, 6.07) is 1.78. The monoisotopic (exact) mass is 354 g/mol. The average Bonchev–Trinajstić information content (AvgIpc) is 3.33. The Labute approximate surface area is 151 Å². The van der Waals surface area contributed by atoms with Crippen LogP contribution in [0.25, 0.3) is 0 Å². The van der Waals surface area contributed by atoms with Crippen LogP contribution in [0.15, 0.2) is 18.6 Å². The number of hydrogen-bond acceptors (Lipinski definition) is 6. The molecular weight excluding hydrogens is 332 g/mol. The molecule has 5 heterocycles. The van der Waals surface area contributed by atoms with E-state index in [0.29, 0.717) is 30.0 Å². The van der Waals surface area contributed by atoms with Crippen LogP contribution in [0, 0.1) is 18.8 Å². The molecule has 136 valence electrons. The van der Waals surface area contributed by atoms with Crippen molar-refractivity contribution in [2.45, 2.75) is 19.9 Å². The van der Waals surface area contributed by atoms with Gasteiger partial charge in [0.1, 0.15) is 12.1 Å². The molecule has 8 heteroatoms. The lowest BCUT2D eigenvalue weighted by Crippen LogP contribution is -2.34. The Morgan fingerprint density at radius 2 is 2.04 bits per heavy atom. The molecule has 8 nitrogen and oxygen atoms in total. The molecular formula is C18H22N6O2. The number of rotatable bonds is 2. The smallest absolute Gasteiger partial charge is 0.274 e. The van der Waals surface area contributed by atoms with E-state index in [9.17, 15) is 4.79 Å². The normalized spacial score (nSPS) is 24.3. The second-order valence-corrected chi connectivity index (χ2v) is 7.46. The molecule has 0 aliphatic carbocycles. The number of nitrogens with zero attached hydrogens (tertiary/aromatic N) is 6. The highest BCUT2D eigenvalue weighted by atomic mass is 16.5. The van der Waals surface area contributed by atoms with Gasteiger partial charge in [-0.25, -0.2) is 14.6 Å². The number of aromatic nitrogens is 4. The molecule has 5 rings (SSSR count). The maximum Gasteiger partial charge on any atom is 0.274 e. The zero-order valence-corrected chi connectivity index (χ0v) is 14.8. The molecule has 26 heavy (non-hydrogen) atoms. The summed E-state index contributed by atoms with van der Waals surface area (Å²) in [5, 5.41) is 4.44. The third-order valence-corrected chi connectivity index (χ3v) is 5.67. The van der Waals surface area contributed by atoms with Crippen LogP contribution < -0.4 is 9.64 Å².